The molecule has 0 fully saturated rings. The third-order valence-electron chi connectivity index (χ3n) is 3.82. The van der Waals surface area contributed by atoms with Gasteiger partial charge in [0.15, 0.2) is 0 Å². The summed E-state index contributed by atoms with van der Waals surface area (Å²) in [5, 5.41) is 22.4. The number of anilines is 1. The molecule has 0 unspecified atom stereocenters. The molecular formula is C19H20ClF3N2O6. The van der Waals surface area contributed by atoms with Gasteiger partial charge in [0.1, 0.15) is 17.2 Å². The van der Waals surface area contributed by atoms with Gasteiger partial charge in [0.2, 0.25) is 0 Å². The average molecular weight is 465 g/mol. The van der Waals surface area contributed by atoms with E-state index < -0.39 is 16.7 Å². The molecule has 170 valence electrons. The minimum Gasteiger partial charge on any atom is -0.456 e. The predicted octanol–water partition coefficient (Wildman–Crippen LogP) is 4.50. The first-order chi connectivity index (χ1) is 14.7. The van der Waals surface area contributed by atoms with Crippen molar-refractivity contribution in [2.75, 3.05) is 44.9 Å². The lowest BCUT2D eigenvalue weighted by molar-refractivity contribution is -0.384. The van der Waals surface area contributed by atoms with Crippen LogP contribution in [0, 0.1) is 10.1 Å². The van der Waals surface area contributed by atoms with Gasteiger partial charge in [0.05, 0.1) is 48.5 Å². The van der Waals surface area contributed by atoms with Crippen molar-refractivity contribution >= 4 is 23.0 Å². The Hall–Kier alpha value is -2.60. The molecule has 0 aliphatic carbocycles. The van der Waals surface area contributed by atoms with Crippen LogP contribution in [0.5, 0.6) is 11.5 Å². The molecule has 12 heteroatoms. The fraction of sp³-hybridized carbons (Fsp3) is 0.368. The lowest BCUT2D eigenvalue weighted by Gasteiger charge is -2.13. The quantitative estimate of drug-likeness (QED) is 0.271. The van der Waals surface area contributed by atoms with Gasteiger partial charge in [-0.2, -0.15) is 13.2 Å². The smallest absolute Gasteiger partial charge is 0.416 e. The molecule has 8 nitrogen and oxygen atoms in total. The van der Waals surface area contributed by atoms with Crippen LogP contribution < -0.4 is 10.1 Å². The molecule has 0 atom stereocenters. The third kappa shape index (κ3) is 7.87. The minimum atomic E-state index is -4.54. The number of hydrogen-bond acceptors (Lipinski definition) is 7. The monoisotopic (exact) mass is 464 g/mol. The van der Waals surface area contributed by atoms with Crippen LogP contribution in [-0.4, -0.2) is 49.6 Å². The van der Waals surface area contributed by atoms with Crippen LogP contribution in [0.2, 0.25) is 5.02 Å². The van der Waals surface area contributed by atoms with Crippen molar-refractivity contribution in [2.24, 2.45) is 0 Å². The predicted molar refractivity (Wildman–Crippen MR) is 107 cm³/mol. The molecule has 0 heterocycles. The van der Waals surface area contributed by atoms with E-state index in [1.807, 2.05) is 0 Å². The number of rotatable bonds is 12. The SMILES string of the molecule is O=[N+]([O-])c1ccc(Oc2ccc(C(F)(F)F)cc2Cl)cc1NCCOCCOCCO. The molecule has 2 N–H and O–H groups in total. The Balaban J connectivity index is 2.02. The van der Waals surface area contributed by atoms with Crippen molar-refractivity contribution in [1.29, 1.82) is 0 Å². The van der Waals surface area contributed by atoms with Crippen molar-refractivity contribution in [2.45, 2.75) is 6.18 Å². The van der Waals surface area contributed by atoms with Crippen molar-refractivity contribution in [3.05, 3.63) is 57.1 Å². The fourth-order valence-corrected chi connectivity index (χ4v) is 2.63. The summed E-state index contributed by atoms with van der Waals surface area (Å²) >= 11 is 5.88. The number of nitro groups is 1. The molecule has 2 aromatic rings. The normalized spacial score (nSPS) is 11.4. The van der Waals surface area contributed by atoms with Gasteiger partial charge in [0, 0.05) is 18.7 Å². The van der Waals surface area contributed by atoms with Crippen LogP contribution in [0.1, 0.15) is 5.56 Å². The highest BCUT2D eigenvalue weighted by molar-refractivity contribution is 6.32. The number of nitrogens with zero attached hydrogens (tertiary/aromatic N) is 1. The van der Waals surface area contributed by atoms with Gasteiger partial charge >= 0.3 is 6.18 Å². The molecule has 31 heavy (non-hydrogen) atoms. The van der Waals surface area contributed by atoms with Crippen LogP contribution in [0.3, 0.4) is 0 Å². The average Bonchev–Trinajstić information content (AvgIpc) is 2.70. The van der Waals surface area contributed by atoms with Gasteiger partial charge in [-0.1, -0.05) is 11.6 Å². The largest absolute Gasteiger partial charge is 0.456 e. The highest BCUT2D eigenvalue weighted by atomic mass is 35.5. The van der Waals surface area contributed by atoms with Gasteiger partial charge < -0.3 is 24.6 Å². The van der Waals surface area contributed by atoms with Gasteiger partial charge in [-0.3, -0.25) is 10.1 Å². The van der Waals surface area contributed by atoms with Gasteiger partial charge in [-0.25, -0.2) is 0 Å². The molecule has 0 aromatic heterocycles. The Bertz CT molecular complexity index is 882. The second-order valence-corrected chi connectivity index (χ2v) is 6.46. The number of aliphatic hydroxyl groups is 1. The molecule has 2 aromatic carbocycles. The summed E-state index contributed by atoms with van der Waals surface area (Å²) in [5.41, 5.74) is -0.986. The summed E-state index contributed by atoms with van der Waals surface area (Å²) in [7, 11) is 0. The molecule has 0 bridgehead atoms. The molecule has 0 amide bonds. The van der Waals surface area contributed by atoms with Gasteiger partial charge in [-0.15, -0.1) is 0 Å². The van der Waals surface area contributed by atoms with E-state index in [2.05, 4.69) is 5.32 Å². The Morgan fingerprint density at radius 3 is 2.39 bits per heavy atom. The number of ether oxygens (including phenoxy) is 3. The summed E-state index contributed by atoms with van der Waals surface area (Å²) in [6.07, 6.45) is -4.54. The summed E-state index contributed by atoms with van der Waals surface area (Å²) in [6.45, 7) is 1.20. The summed E-state index contributed by atoms with van der Waals surface area (Å²) in [5.74, 6) is 0.119. The molecule has 0 radical (unpaired) electrons. The van der Waals surface area contributed by atoms with Crippen molar-refractivity contribution in [3.8, 4) is 11.5 Å². The second kappa shape index (κ2) is 11.7. The van der Waals surface area contributed by atoms with Gasteiger partial charge in [0.25, 0.3) is 5.69 Å². The maximum atomic E-state index is 12.8. The van der Waals surface area contributed by atoms with Crippen LogP contribution in [0.4, 0.5) is 24.5 Å². The van der Waals surface area contributed by atoms with Crippen LogP contribution >= 0.6 is 11.6 Å². The molecule has 0 saturated heterocycles. The molecular weight excluding hydrogens is 445 g/mol. The second-order valence-electron chi connectivity index (χ2n) is 6.06. The lowest BCUT2D eigenvalue weighted by Crippen LogP contribution is -2.14. The number of halogens is 4. The maximum Gasteiger partial charge on any atom is 0.416 e. The Morgan fingerprint density at radius 1 is 1.06 bits per heavy atom. The summed E-state index contributed by atoms with van der Waals surface area (Å²) in [4.78, 5) is 10.7. The van der Waals surface area contributed by atoms with Crippen molar-refractivity contribution in [1.82, 2.24) is 0 Å². The van der Waals surface area contributed by atoms with E-state index in [0.717, 1.165) is 18.2 Å². The Kier molecular flexibility index (Phi) is 9.31. The molecule has 0 saturated carbocycles. The zero-order chi connectivity index (χ0) is 22.9. The van der Waals surface area contributed by atoms with E-state index in [-0.39, 0.29) is 54.3 Å². The number of nitrogens with one attached hydrogen (secondary N) is 1. The van der Waals surface area contributed by atoms with Crippen LogP contribution in [0.15, 0.2) is 36.4 Å². The number of hydrogen-bond donors (Lipinski definition) is 2. The highest BCUT2D eigenvalue weighted by Crippen LogP contribution is 2.37. The van der Waals surface area contributed by atoms with Crippen LogP contribution in [0.25, 0.3) is 0 Å². The van der Waals surface area contributed by atoms with E-state index in [1.54, 1.807) is 0 Å². The molecule has 0 spiro atoms. The third-order valence-corrected chi connectivity index (χ3v) is 4.12. The summed E-state index contributed by atoms with van der Waals surface area (Å²) in [6, 6.07) is 6.50. The van der Waals surface area contributed by atoms with Crippen LogP contribution in [-0.2, 0) is 15.7 Å². The van der Waals surface area contributed by atoms with E-state index in [1.165, 1.54) is 18.2 Å². The highest BCUT2D eigenvalue weighted by Gasteiger charge is 2.31. The van der Waals surface area contributed by atoms with Crippen molar-refractivity contribution < 1.29 is 37.4 Å². The summed E-state index contributed by atoms with van der Waals surface area (Å²) < 4.78 is 54.1. The first-order valence-electron chi connectivity index (χ1n) is 9.05. The lowest BCUT2D eigenvalue weighted by atomic mass is 10.2. The Labute approximate surface area is 180 Å². The molecule has 2 rings (SSSR count). The molecule has 0 aliphatic rings. The standard InChI is InChI=1S/C19H20ClF3N2O6/c20-15-11-13(19(21,22)23)1-4-18(15)31-14-2-3-17(25(27)28)16(12-14)24-5-7-29-9-10-30-8-6-26/h1-4,11-12,24,26H,5-10H2. The molecule has 0 aliphatic heterocycles. The topological polar surface area (TPSA) is 103 Å². The number of nitro benzene ring substituents is 1. The van der Waals surface area contributed by atoms with E-state index in [0.29, 0.717) is 13.2 Å². The Morgan fingerprint density at radius 2 is 1.77 bits per heavy atom. The minimum absolute atomic E-state index is 0.0271. The zero-order valence-electron chi connectivity index (χ0n) is 16.2. The zero-order valence-corrected chi connectivity index (χ0v) is 16.9. The number of benzene rings is 2. The van der Waals surface area contributed by atoms with Gasteiger partial charge in [-0.05, 0) is 24.3 Å². The number of aliphatic hydroxyl groups excluding tert-OH is 1. The van der Waals surface area contributed by atoms with E-state index in [9.17, 15) is 23.3 Å². The fourth-order valence-electron chi connectivity index (χ4n) is 2.41. The van der Waals surface area contributed by atoms with E-state index >= 15 is 0 Å². The first-order valence-corrected chi connectivity index (χ1v) is 9.43. The first kappa shape index (κ1) is 24.7. The maximum absolute atomic E-state index is 12.8. The van der Waals surface area contributed by atoms with Crippen molar-refractivity contribution in [3.63, 3.8) is 0 Å². The van der Waals surface area contributed by atoms with E-state index in [4.69, 9.17) is 30.9 Å². The number of alkyl halides is 3.